The maximum absolute atomic E-state index is 5.69. The Bertz CT molecular complexity index is 189. The first kappa shape index (κ1) is 12.5. The van der Waals surface area contributed by atoms with E-state index in [1.807, 2.05) is 0 Å². The molecule has 0 radical (unpaired) electrons. The van der Waals surface area contributed by atoms with Crippen LogP contribution in [0.2, 0.25) is 0 Å². The smallest absolute Gasteiger partial charge is 0.183 e. The molecule has 1 aliphatic rings. The lowest BCUT2D eigenvalue weighted by molar-refractivity contribution is 0.213. The molecule has 2 nitrogen and oxygen atoms in total. The van der Waals surface area contributed by atoms with E-state index in [1.54, 1.807) is 0 Å². The minimum Gasteiger partial charge on any atom is -0.476 e. The molecule has 0 N–H and O–H groups in total. The van der Waals surface area contributed by atoms with Gasteiger partial charge in [-0.1, -0.05) is 46.0 Å². The van der Waals surface area contributed by atoms with Gasteiger partial charge in [0.2, 0.25) is 0 Å². The van der Waals surface area contributed by atoms with E-state index in [2.05, 4.69) is 18.8 Å². The van der Waals surface area contributed by atoms with Crippen molar-refractivity contribution >= 4 is 5.90 Å². The molecule has 0 saturated heterocycles. The van der Waals surface area contributed by atoms with Crippen LogP contribution in [0, 0.1) is 0 Å². The van der Waals surface area contributed by atoms with Gasteiger partial charge in [0.25, 0.3) is 0 Å². The monoisotopic (exact) mass is 211 g/mol. The highest BCUT2D eigenvalue weighted by Crippen LogP contribution is 2.13. The van der Waals surface area contributed by atoms with E-state index < -0.39 is 0 Å². The van der Waals surface area contributed by atoms with E-state index in [-0.39, 0.29) is 0 Å². The van der Waals surface area contributed by atoms with Crippen molar-refractivity contribution in [3.05, 3.63) is 0 Å². The Labute approximate surface area is 94.1 Å². The summed E-state index contributed by atoms with van der Waals surface area (Å²) in [6, 6.07) is 0. The fourth-order valence-corrected chi connectivity index (χ4v) is 1.88. The van der Waals surface area contributed by atoms with Crippen LogP contribution in [-0.2, 0) is 4.74 Å². The Kier molecular flexibility index (Phi) is 6.45. The zero-order valence-corrected chi connectivity index (χ0v) is 10.3. The molecule has 0 aromatic heterocycles. The largest absolute Gasteiger partial charge is 0.476 e. The maximum atomic E-state index is 5.69. The van der Waals surface area contributed by atoms with Gasteiger partial charge in [-0.2, -0.15) is 0 Å². The van der Waals surface area contributed by atoms with Gasteiger partial charge in [0.05, 0.1) is 6.54 Å². The first-order valence-corrected chi connectivity index (χ1v) is 6.56. The summed E-state index contributed by atoms with van der Waals surface area (Å²) in [6.45, 7) is 5.31. The molecule has 1 unspecified atom stereocenters. The predicted molar refractivity (Wildman–Crippen MR) is 65.5 cm³/mol. The van der Waals surface area contributed by atoms with Crippen molar-refractivity contribution in [2.24, 2.45) is 4.99 Å². The Morgan fingerprint density at radius 3 is 2.53 bits per heavy atom. The molecule has 0 spiro atoms. The molecular formula is C13H25NO. The molecule has 0 aromatic rings. The molecule has 88 valence electrons. The summed E-state index contributed by atoms with van der Waals surface area (Å²) in [6.07, 6.45) is 10.6. The summed E-state index contributed by atoms with van der Waals surface area (Å²) in [7, 11) is 0. The highest BCUT2D eigenvalue weighted by atomic mass is 16.5. The minimum atomic E-state index is 0.375. The van der Waals surface area contributed by atoms with Crippen LogP contribution in [0.3, 0.4) is 0 Å². The van der Waals surface area contributed by atoms with Crippen molar-refractivity contribution in [1.82, 2.24) is 0 Å². The van der Waals surface area contributed by atoms with Gasteiger partial charge in [0.1, 0.15) is 6.10 Å². The standard InChI is InChI=1S/C13H25NO/c1-3-5-6-7-8-9-10-13-14-11-12(4-2)15-13/h12H,3-11H2,1-2H3. The zero-order valence-electron chi connectivity index (χ0n) is 10.3. The number of ether oxygens (including phenoxy) is 1. The fourth-order valence-electron chi connectivity index (χ4n) is 1.88. The predicted octanol–water partition coefficient (Wildman–Crippen LogP) is 3.94. The maximum Gasteiger partial charge on any atom is 0.183 e. The van der Waals surface area contributed by atoms with Crippen molar-refractivity contribution < 1.29 is 4.74 Å². The lowest BCUT2D eigenvalue weighted by atomic mass is 10.1. The first-order chi connectivity index (χ1) is 7.36. The summed E-state index contributed by atoms with van der Waals surface area (Å²) in [5, 5.41) is 0. The van der Waals surface area contributed by atoms with Gasteiger partial charge in [-0.15, -0.1) is 0 Å². The molecule has 0 amide bonds. The van der Waals surface area contributed by atoms with E-state index >= 15 is 0 Å². The van der Waals surface area contributed by atoms with Crippen molar-refractivity contribution in [2.75, 3.05) is 6.54 Å². The number of nitrogens with zero attached hydrogens (tertiary/aromatic N) is 1. The molecule has 1 aliphatic heterocycles. The number of rotatable bonds is 8. The molecule has 15 heavy (non-hydrogen) atoms. The van der Waals surface area contributed by atoms with Gasteiger partial charge < -0.3 is 4.74 Å². The second-order valence-corrected chi connectivity index (χ2v) is 4.40. The summed E-state index contributed by atoms with van der Waals surface area (Å²) >= 11 is 0. The molecule has 0 saturated carbocycles. The fraction of sp³-hybridized carbons (Fsp3) is 0.923. The van der Waals surface area contributed by atoms with Gasteiger partial charge in [-0.25, -0.2) is 0 Å². The van der Waals surface area contributed by atoms with E-state index in [9.17, 15) is 0 Å². The van der Waals surface area contributed by atoms with E-state index in [0.29, 0.717) is 6.10 Å². The quantitative estimate of drug-likeness (QED) is 0.557. The third kappa shape index (κ3) is 5.19. The topological polar surface area (TPSA) is 21.6 Å². The molecule has 0 aliphatic carbocycles. The lowest BCUT2D eigenvalue weighted by Crippen LogP contribution is -2.11. The van der Waals surface area contributed by atoms with Crippen LogP contribution in [0.25, 0.3) is 0 Å². The second kappa shape index (κ2) is 7.72. The molecule has 0 aromatic carbocycles. The lowest BCUT2D eigenvalue weighted by Gasteiger charge is -2.07. The van der Waals surface area contributed by atoms with Crippen LogP contribution in [0.4, 0.5) is 0 Å². The molecule has 2 heteroatoms. The highest BCUT2D eigenvalue weighted by molar-refractivity contribution is 5.77. The molecule has 1 atom stereocenters. The molecule has 0 fully saturated rings. The van der Waals surface area contributed by atoms with E-state index in [1.165, 1.54) is 38.5 Å². The van der Waals surface area contributed by atoms with E-state index in [0.717, 1.165) is 25.3 Å². The second-order valence-electron chi connectivity index (χ2n) is 4.40. The first-order valence-electron chi connectivity index (χ1n) is 6.56. The van der Waals surface area contributed by atoms with Crippen molar-refractivity contribution in [3.8, 4) is 0 Å². The van der Waals surface area contributed by atoms with Crippen LogP contribution in [0.15, 0.2) is 4.99 Å². The van der Waals surface area contributed by atoms with Crippen LogP contribution >= 0.6 is 0 Å². The normalized spacial score (nSPS) is 20.1. The number of aliphatic imine (C=N–C) groups is 1. The van der Waals surface area contributed by atoms with Gasteiger partial charge in [0.15, 0.2) is 5.90 Å². The molecule has 0 bridgehead atoms. The summed E-state index contributed by atoms with van der Waals surface area (Å²) in [4.78, 5) is 4.42. The number of hydrogen-bond donors (Lipinski definition) is 0. The van der Waals surface area contributed by atoms with Crippen LogP contribution in [-0.4, -0.2) is 18.5 Å². The van der Waals surface area contributed by atoms with Gasteiger partial charge in [-0.3, -0.25) is 4.99 Å². The molecular weight excluding hydrogens is 186 g/mol. The Balaban J connectivity index is 1.92. The third-order valence-corrected chi connectivity index (χ3v) is 2.97. The average Bonchev–Trinajstić information content (AvgIpc) is 2.71. The van der Waals surface area contributed by atoms with E-state index in [4.69, 9.17) is 4.74 Å². The highest BCUT2D eigenvalue weighted by Gasteiger charge is 2.16. The SMILES string of the molecule is CCCCCCCCC1=NCC(CC)O1. The Hall–Kier alpha value is -0.530. The van der Waals surface area contributed by atoms with Gasteiger partial charge in [-0.05, 0) is 12.8 Å². The van der Waals surface area contributed by atoms with Crippen molar-refractivity contribution in [1.29, 1.82) is 0 Å². The van der Waals surface area contributed by atoms with Gasteiger partial charge in [0, 0.05) is 6.42 Å². The summed E-state index contributed by atoms with van der Waals surface area (Å²) in [5.74, 6) is 1.01. The van der Waals surface area contributed by atoms with Crippen LogP contribution in [0.1, 0.15) is 65.2 Å². The summed E-state index contributed by atoms with van der Waals surface area (Å²) in [5.41, 5.74) is 0. The third-order valence-electron chi connectivity index (χ3n) is 2.97. The summed E-state index contributed by atoms with van der Waals surface area (Å²) < 4.78 is 5.69. The van der Waals surface area contributed by atoms with Crippen molar-refractivity contribution in [3.63, 3.8) is 0 Å². The van der Waals surface area contributed by atoms with Crippen molar-refractivity contribution in [2.45, 2.75) is 71.3 Å². The zero-order chi connectivity index (χ0) is 10.9. The van der Waals surface area contributed by atoms with Crippen LogP contribution in [0.5, 0.6) is 0 Å². The minimum absolute atomic E-state index is 0.375. The number of hydrogen-bond acceptors (Lipinski definition) is 2. The Morgan fingerprint density at radius 1 is 1.13 bits per heavy atom. The molecule has 1 heterocycles. The number of unbranched alkanes of at least 4 members (excludes halogenated alkanes) is 5. The Morgan fingerprint density at radius 2 is 1.87 bits per heavy atom. The average molecular weight is 211 g/mol. The van der Waals surface area contributed by atoms with Gasteiger partial charge >= 0.3 is 0 Å². The van der Waals surface area contributed by atoms with Crippen LogP contribution < -0.4 is 0 Å². The molecule has 1 rings (SSSR count).